The number of fused-ring (bicyclic) bond motifs is 3. The van der Waals surface area contributed by atoms with Crippen LogP contribution in [-0.2, 0) is 0 Å². The summed E-state index contributed by atoms with van der Waals surface area (Å²) in [4.78, 5) is 18.8. The summed E-state index contributed by atoms with van der Waals surface area (Å²) in [6, 6.07) is 9.09. The van der Waals surface area contributed by atoms with Crippen LogP contribution in [0, 0.1) is 0 Å². The van der Waals surface area contributed by atoms with Crippen LogP contribution < -0.4 is 5.56 Å². The fourth-order valence-corrected chi connectivity index (χ4v) is 1.98. The molecule has 3 rings (SSSR count). The molecular weight excluding hydrogens is 224 g/mol. The van der Waals surface area contributed by atoms with Crippen molar-refractivity contribution in [2.24, 2.45) is 0 Å². The summed E-state index contributed by atoms with van der Waals surface area (Å²) in [7, 11) is 0. The van der Waals surface area contributed by atoms with Crippen molar-refractivity contribution < 1.29 is 0 Å². The number of rotatable bonds is 0. The average molecular weight is 231 g/mol. The molecule has 0 aliphatic heterocycles. The molecule has 0 spiro atoms. The lowest BCUT2D eigenvalue weighted by Crippen LogP contribution is -2.06. The van der Waals surface area contributed by atoms with Crippen LogP contribution >= 0.6 is 11.6 Å². The number of nitrogens with one attached hydrogen (secondary N) is 1. The van der Waals surface area contributed by atoms with Gasteiger partial charge in [-0.1, -0.05) is 29.8 Å². The molecule has 0 atom stereocenters. The summed E-state index contributed by atoms with van der Waals surface area (Å²) >= 11 is 5.84. The van der Waals surface area contributed by atoms with Gasteiger partial charge in [0, 0.05) is 17.0 Å². The number of benzene rings is 1. The summed E-state index contributed by atoms with van der Waals surface area (Å²) < 4.78 is 0. The Bertz CT molecular complexity index is 749. The first-order valence-electron chi connectivity index (χ1n) is 4.82. The van der Waals surface area contributed by atoms with Crippen molar-refractivity contribution in [3.05, 3.63) is 51.9 Å². The molecular formula is C12H7ClN2O. The molecule has 0 bridgehead atoms. The third-order valence-corrected chi connectivity index (χ3v) is 2.74. The zero-order valence-corrected chi connectivity index (χ0v) is 8.95. The lowest BCUT2D eigenvalue weighted by atomic mass is 10.1. The van der Waals surface area contributed by atoms with Crippen LogP contribution in [0.1, 0.15) is 0 Å². The Morgan fingerprint density at radius 2 is 1.94 bits per heavy atom. The largest absolute Gasteiger partial charge is 0.320 e. The van der Waals surface area contributed by atoms with Gasteiger partial charge in [-0.05, 0) is 12.1 Å². The SMILES string of the molecule is O=c1[nH]c2cc(Cl)cnc2c2ccccc12. The number of aromatic amines is 1. The van der Waals surface area contributed by atoms with Crippen LogP contribution in [0.25, 0.3) is 21.8 Å². The first kappa shape index (κ1) is 9.36. The summed E-state index contributed by atoms with van der Waals surface area (Å²) in [6.07, 6.45) is 1.58. The Labute approximate surface area is 95.7 Å². The van der Waals surface area contributed by atoms with E-state index in [1.807, 2.05) is 18.2 Å². The molecule has 0 saturated carbocycles. The summed E-state index contributed by atoms with van der Waals surface area (Å²) in [6.45, 7) is 0. The molecule has 0 fully saturated rings. The Kier molecular flexibility index (Phi) is 1.94. The average Bonchev–Trinajstić information content (AvgIpc) is 2.29. The van der Waals surface area contributed by atoms with E-state index in [0.717, 1.165) is 10.9 Å². The quantitative estimate of drug-likeness (QED) is 0.604. The standard InChI is InChI=1S/C12H7ClN2O/c13-7-5-10-11(14-6-7)8-3-1-2-4-9(8)12(16)15-10/h1-6H,(H,15,16). The maximum atomic E-state index is 11.8. The molecule has 2 aromatic heterocycles. The number of hydrogen-bond acceptors (Lipinski definition) is 2. The maximum absolute atomic E-state index is 11.8. The molecule has 0 unspecified atom stereocenters. The van der Waals surface area contributed by atoms with E-state index in [2.05, 4.69) is 9.97 Å². The number of aromatic nitrogens is 2. The van der Waals surface area contributed by atoms with E-state index < -0.39 is 0 Å². The minimum absolute atomic E-state index is 0.118. The van der Waals surface area contributed by atoms with Crippen molar-refractivity contribution in [1.82, 2.24) is 9.97 Å². The van der Waals surface area contributed by atoms with Gasteiger partial charge in [0.1, 0.15) is 0 Å². The third kappa shape index (κ3) is 1.29. The van der Waals surface area contributed by atoms with Gasteiger partial charge in [-0.25, -0.2) is 0 Å². The zero-order valence-electron chi connectivity index (χ0n) is 8.20. The number of H-pyrrole nitrogens is 1. The van der Waals surface area contributed by atoms with Gasteiger partial charge >= 0.3 is 0 Å². The van der Waals surface area contributed by atoms with Gasteiger partial charge in [-0.3, -0.25) is 9.78 Å². The molecule has 0 aliphatic carbocycles. The van der Waals surface area contributed by atoms with Crippen LogP contribution in [0.5, 0.6) is 0 Å². The van der Waals surface area contributed by atoms with Crippen molar-refractivity contribution in [3.8, 4) is 0 Å². The van der Waals surface area contributed by atoms with Gasteiger partial charge < -0.3 is 4.98 Å². The van der Waals surface area contributed by atoms with E-state index in [-0.39, 0.29) is 5.56 Å². The molecule has 2 heterocycles. The first-order valence-corrected chi connectivity index (χ1v) is 5.20. The third-order valence-electron chi connectivity index (χ3n) is 2.53. The van der Waals surface area contributed by atoms with Crippen molar-refractivity contribution in [3.63, 3.8) is 0 Å². The Morgan fingerprint density at radius 3 is 2.75 bits per heavy atom. The van der Waals surface area contributed by atoms with Crippen LogP contribution in [0.4, 0.5) is 0 Å². The van der Waals surface area contributed by atoms with Crippen molar-refractivity contribution in [2.75, 3.05) is 0 Å². The number of hydrogen-bond donors (Lipinski definition) is 1. The molecule has 0 aliphatic rings. The van der Waals surface area contributed by atoms with Gasteiger partial charge in [0.25, 0.3) is 5.56 Å². The number of halogens is 1. The highest BCUT2D eigenvalue weighted by atomic mass is 35.5. The van der Waals surface area contributed by atoms with Crippen LogP contribution in [0.3, 0.4) is 0 Å². The van der Waals surface area contributed by atoms with Gasteiger partial charge in [0.2, 0.25) is 0 Å². The van der Waals surface area contributed by atoms with Crippen molar-refractivity contribution in [1.29, 1.82) is 0 Å². The second kappa shape index (κ2) is 3.32. The summed E-state index contributed by atoms with van der Waals surface area (Å²) in [5.74, 6) is 0. The Morgan fingerprint density at radius 1 is 1.19 bits per heavy atom. The number of pyridine rings is 2. The highest BCUT2D eigenvalue weighted by Gasteiger charge is 2.05. The van der Waals surface area contributed by atoms with Crippen LogP contribution in [0.2, 0.25) is 5.02 Å². The van der Waals surface area contributed by atoms with E-state index in [0.29, 0.717) is 15.9 Å². The molecule has 3 nitrogen and oxygen atoms in total. The lowest BCUT2D eigenvalue weighted by Gasteiger charge is -2.02. The predicted molar refractivity (Wildman–Crippen MR) is 64.9 cm³/mol. The van der Waals surface area contributed by atoms with Gasteiger partial charge in [-0.15, -0.1) is 0 Å². The van der Waals surface area contributed by atoms with Crippen molar-refractivity contribution in [2.45, 2.75) is 0 Å². The molecule has 0 amide bonds. The molecule has 3 aromatic rings. The van der Waals surface area contributed by atoms with Crippen LogP contribution in [0.15, 0.2) is 41.3 Å². The fourth-order valence-electron chi connectivity index (χ4n) is 1.83. The van der Waals surface area contributed by atoms with E-state index in [9.17, 15) is 4.79 Å². The lowest BCUT2D eigenvalue weighted by molar-refractivity contribution is 1.31. The molecule has 16 heavy (non-hydrogen) atoms. The molecule has 1 aromatic carbocycles. The van der Waals surface area contributed by atoms with E-state index in [4.69, 9.17) is 11.6 Å². The molecule has 0 radical (unpaired) electrons. The van der Waals surface area contributed by atoms with Crippen molar-refractivity contribution >= 4 is 33.4 Å². The second-order valence-corrected chi connectivity index (χ2v) is 3.99. The van der Waals surface area contributed by atoms with Gasteiger partial charge in [0.15, 0.2) is 0 Å². The smallest absolute Gasteiger partial charge is 0.256 e. The normalized spacial score (nSPS) is 11.1. The minimum atomic E-state index is -0.118. The van der Waals surface area contributed by atoms with Crippen LogP contribution in [-0.4, -0.2) is 9.97 Å². The Hall–Kier alpha value is -1.87. The summed E-state index contributed by atoms with van der Waals surface area (Å²) in [5, 5.41) is 2.00. The molecule has 4 heteroatoms. The highest BCUT2D eigenvalue weighted by Crippen LogP contribution is 2.20. The molecule has 78 valence electrons. The number of nitrogens with zero attached hydrogens (tertiary/aromatic N) is 1. The topological polar surface area (TPSA) is 45.8 Å². The fraction of sp³-hybridized carbons (Fsp3) is 0. The van der Waals surface area contributed by atoms with Gasteiger partial charge in [0.05, 0.1) is 16.1 Å². The molecule has 0 saturated heterocycles. The second-order valence-electron chi connectivity index (χ2n) is 3.55. The zero-order chi connectivity index (χ0) is 11.1. The highest BCUT2D eigenvalue weighted by molar-refractivity contribution is 6.31. The monoisotopic (exact) mass is 230 g/mol. The van der Waals surface area contributed by atoms with E-state index in [1.54, 1.807) is 18.3 Å². The predicted octanol–water partition coefficient (Wildman–Crippen LogP) is 2.73. The minimum Gasteiger partial charge on any atom is -0.320 e. The van der Waals surface area contributed by atoms with E-state index >= 15 is 0 Å². The summed E-state index contributed by atoms with van der Waals surface area (Å²) in [5.41, 5.74) is 1.31. The van der Waals surface area contributed by atoms with E-state index in [1.165, 1.54) is 0 Å². The molecule has 1 N–H and O–H groups in total. The maximum Gasteiger partial charge on any atom is 0.256 e. The first-order chi connectivity index (χ1) is 7.75. The van der Waals surface area contributed by atoms with Gasteiger partial charge in [-0.2, -0.15) is 0 Å². The Balaban J connectivity index is 2.64.